The molecule has 0 heterocycles. The third kappa shape index (κ3) is 2.84. The van der Waals surface area contributed by atoms with Crippen LogP contribution in [0.5, 0.6) is 0 Å². The maximum absolute atomic E-state index is 12.5. The van der Waals surface area contributed by atoms with Gasteiger partial charge in [0.15, 0.2) is 0 Å². The Hall–Kier alpha value is -1.06. The molecule has 0 aliphatic heterocycles. The molecule has 20 heavy (non-hydrogen) atoms. The zero-order valence-corrected chi connectivity index (χ0v) is 12.5. The molecule has 3 N–H and O–H groups in total. The van der Waals surface area contributed by atoms with Crippen LogP contribution in [0, 0.1) is 5.92 Å². The monoisotopic (exact) mass is 294 g/mol. The van der Waals surface area contributed by atoms with Crippen LogP contribution in [0.1, 0.15) is 37.7 Å². The maximum atomic E-state index is 12.5. The summed E-state index contributed by atoms with van der Waals surface area (Å²) in [5, 5.41) is 3.08. The molecule has 2 aliphatic carbocycles. The first-order valence-electron chi connectivity index (χ1n) is 7.32. The minimum atomic E-state index is -0.287. The van der Waals surface area contributed by atoms with Crippen molar-refractivity contribution in [3.05, 3.63) is 35.9 Å². The summed E-state index contributed by atoms with van der Waals surface area (Å²) in [6.07, 6.45) is 5.50. The third-order valence-corrected chi connectivity index (χ3v) is 4.69. The molecule has 0 spiro atoms. The number of halogens is 1. The lowest BCUT2D eigenvalue weighted by atomic mass is 9.64. The predicted molar refractivity (Wildman–Crippen MR) is 82.9 cm³/mol. The van der Waals surface area contributed by atoms with Gasteiger partial charge >= 0.3 is 0 Å². The van der Waals surface area contributed by atoms with Gasteiger partial charge in [0.05, 0.1) is 5.41 Å². The third-order valence-electron chi connectivity index (χ3n) is 4.69. The zero-order chi connectivity index (χ0) is 13.3. The summed E-state index contributed by atoms with van der Waals surface area (Å²) in [7, 11) is 0. The summed E-state index contributed by atoms with van der Waals surface area (Å²) in [6.45, 7) is 0.623. The molecular formula is C16H23ClN2O. The summed E-state index contributed by atoms with van der Waals surface area (Å²) in [4.78, 5) is 12.5. The average molecular weight is 295 g/mol. The SMILES string of the molecule is Cl.NC(CNC(=O)C1(c2ccccc2)CCC1)C1CC1. The van der Waals surface area contributed by atoms with E-state index in [1.165, 1.54) is 12.8 Å². The lowest BCUT2D eigenvalue weighted by Crippen LogP contribution is -2.51. The number of rotatable bonds is 5. The van der Waals surface area contributed by atoms with Gasteiger partial charge in [0.1, 0.15) is 0 Å². The van der Waals surface area contributed by atoms with E-state index in [4.69, 9.17) is 5.73 Å². The molecule has 4 heteroatoms. The molecule has 1 atom stereocenters. The Bertz CT molecular complexity index is 455. The smallest absolute Gasteiger partial charge is 0.230 e. The Morgan fingerprint density at radius 1 is 1.30 bits per heavy atom. The highest BCUT2D eigenvalue weighted by Crippen LogP contribution is 2.43. The first kappa shape index (κ1) is 15.3. The number of carbonyl (C=O) groups excluding carboxylic acids is 1. The lowest BCUT2D eigenvalue weighted by molar-refractivity contribution is -0.130. The Labute approximate surface area is 126 Å². The van der Waals surface area contributed by atoms with Crippen LogP contribution >= 0.6 is 12.4 Å². The van der Waals surface area contributed by atoms with Crippen molar-refractivity contribution in [3.63, 3.8) is 0 Å². The summed E-state index contributed by atoms with van der Waals surface area (Å²) >= 11 is 0. The predicted octanol–water partition coefficient (Wildman–Crippen LogP) is 2.38. The van der Waals surface area contributed by atoms with Gasteiger partial charge in [0.25, 0.3) is 0 Å². The van der Waals surface area contributed by atoms with Gasteiger partial charge in [0, 0.05) is 12.6 Å². The van der Waals surface area contributed by atoms with Crippen LogP contribution in [-0.4, -0.2) is 18.5 Å². The van der Waals surface area contributed by atoms with Crippen LogP contribution in [0.4, 0.5) is 0 Å². The molecule has 2 aliphatic rings. The van der Waals surface area contributed by atoms with Crippen LogP contribution in [0.3, 0.4) is 0 Å². The van der Waals surface area contributed by atoms with E-state index >= 15 is 0 Å². The van der Waals surface area contributed by atoms with E-state index in [0.717, 1.165) is 24.8 Å². The highest BCUT2D eigenvalue weighted by atomic mass is 35.5. The average Bonchev–Trinajstić information content (AvgIpc) is 3.20. The van der Waals surface area contributed by atoms with Crippen molar-refractivity contribution in [1.82, 2.24) is 5.32 Å². The molecule has 1 unspecified atom stereocenters. The van der Waals surface area contributed by atoms with Gasteiger partial charge in [-0.15, -0.1) is 12.4 Å². The summed E-state index contributed by atoms with van der Waals surface area (Å²) in [5.41, 5.74) is 6.92. The molecule has 3 nitrogen and oxygen atoms in total. The number of hydrogen-bond acceptors (Lipinski definition) is 2. The highest BCUT2D eigenvalue weighted by Gasteiger charge is 2.45. The molecule has 2 fully saturated rings. The largest absolute Gasteiger partial charge is 0.354 e. The Kier molecular flexibility index (Phi) is 4.71. The summed E-state index contributed by atoms with van der Waals surface area (Å²) in [6, 6.07) is 10.3. The van der Waals surface area contributed by atoms with E-state index < -0.39 is 0 Å². The van der Waals surface area contributed by atoms with Crippen molar-refractivity contribution in [3.8, 4) is 0 Å². The fourth-order valence-electron chi connectivity index (χ4n) is 3.01. The Morgan fingerprint density at radius 2 is 1.95 bits per heavy atom. The minimum Gasteiger partial charge on any atom is -0.354 e. The van der Waals surface area contributed by atoms with Gasteiger partial charge in [-0.2, -0.15) is 0 Å². The van der Waals surface area contributed by atoms with E-state index in [1.54, 1.807) is 0 Å². The normalized spacial score (nSPS) is 21.2. The minimum absolute atomic E-state index is 0. The van der Waals surface area contributed by atoms with Crippen molar-refractivity contribution in [1.29, 1.82) is 0 Å². The number of hydrogen-bond donors (Lipinski definition) is 2. The topological polar surface area (TPSA) is 55.1 Å². The molecule has 1 amide bonds. The van der Waals surface area contributed by atoms with Crippen molar-refractivity contribution >= 4 is 18.3 Å². The molecule has 1 aromatic rings. The van der Waals surface area contributed by atoms with Crippen molar-refractivity contribution in [2.75, 3.05) is 6.54 Å². The van der Waals surface area contributed by atoms with Gasteiger partial charge in [-0.1, -0.05) is 36.8 Å². The highest BCUT2D eigenvalue weighted by molar-refractivity contribution is 5.89. The van der Waals surface area contributed by atoms with Gasteiger partial charge < -0.3 is 11.1 Å². The fraction of sp³-hybridized carbons (Fsp3) is 0.562. The standard InChI is InChI=1S/C16H22N2O.ClH/c17-14(12-7-8-12)11-18-15(19)16(9-4-10-16)13-5-2-1-3-6-13;/h1-3,5-6,12,14H,4,7-11,17H2,(H,18,19);1H. The van der Waals surface area contributed by atoms with Crippen molar-refractivity contribution in [2.45, 2.75) is 43.6 Å². The van der Waals surface area contributed by atoms with Crippen LogP contribution < -0.4 is 11.1 Å². The second-order valence-electron chi connectivity index (χ2n) is 6.01. The van der Waals surface area contributed by atoms with Crippen molar-refractivity contribution in [2.24, 2.45) is 11.7 Å². The van der Waals surface area contributed by atoms with E-state index in [2.05, 4.69) is 17.4 Å². The number of carbonyl (C=O) groups is 1. The summed E-state index contributed by atoms with van der Waals surface area (Å²) < 4.78 is 0. The van der Waals surface area contributed by atoms with E-state index in [1.807, 2.05) is 18.2 Å². The molecule has 2 saturated carbocycles. The number of nitrogens with two attached hydrogens (primary N) is 1. The fourth-order valence-corrected chi connectivity index (χ4v) is 3.01. The van der Waals surface area contributed by atoms with E-state index in [9.17, 15) is 4.79 Å². The first-order chi connectivity index (χ1) is 9.22. The van der Waals surface area contributed by atoms with Crippen LogP contribution in [-0.2, 0) is 10.2 Å². The zero-order valence-electron chi connectivity index (χ0n) is 11.7. The second-order valence-corrected chi connectivity index (χ2v) is 6.01. The Balaban J connectivity index is 0.00000147. The molecule has 0 bridgehead atoms. The Morgan fingerprint density at radius 3 is 2.45 bits per heavy atom. The molecule has 0 saturated heterocycles. The van der Waals surface area contributed by atoms with Crippen molar-refractivity contribution < 1.29 is 4.79 Å². The van der Waals surface area contributed by atoms with Crippen LogP contribution in [0.15, 0.2) is 30.3 Å². The second kappa shape index (κ2) is 6.15. The first-order valence-corrected chi connectivity index (χ1v) is 7.32. The maximum Gasteiger partial charge on any atom is 0.230 e. The van der Waals surface area contributed by atoms with E-state index in [0.29, 0.717) is 12.5 Å². The van der Waals surface area contributed by atoms with Gasteiger partial charge in [-0.05, 0) is 37.2 Å². The van der Waals surface area contributed by atoms with Gasteiger partial charge in [-0.25, -0.2) is 0 Å². The molecule has 0 aromatic heterocycles. The molecular weight excluding hydrogens is 272 g/mol. The molecule has 1 aromatic carbocycles. The lowest BCUT2D eigenvalue weighted by Gasteiger charge is -2.41. The molecule has 0 radical (unpaired) electrons. The number of benzene rings is 1. The molecule has 3 rings (SSSR count). The summed E-state index contributed by atoms with van der Waals surface area (Å²) in [5.74, 6) is 0.801. The number of nitrogens with one attached hydrogen (secondary N) is 1. The van der Waals surface area contributed by atoms with E-state index in [-0.39, 0.29) is 29.8 Å². The van der Waals surface area contributed by atoms with Gasteiger partial charge in [-0.3, -0.25) is 4.79 Å². The van der Waals surface area contributed by atoms with Gasteiger partial charge in [0.2, 0.25) is 5.91 Å². The molecule has 110 valence electrons. The van der Waals surface area contributed by atoms with Crippen LogP contribution in [0.25, 0.3) is 0 Å². The number of amides is 1. The quantitative estimate of drug-likeness (QED) is 0.876. The van der Waals surface area contributed by atoms with Crippen LogP contribution in [0.2, 0.25) is 0 Å².